The summed E-state index contributed by atoms with van der Waals surface area (Å²) in [4.78, 5) is 2.37. The maximum atomic E-state index is 8.05. The van der Waals surface area contributed by atoms with Gasteiger partial charge in [-0.25, -0.2) is 0 Å². The predicted molar refractivity (Wildman–Crippen MR) is 117 cm³/mol. The fraction of sp³-hybridized carbons (Fsp3) is 0.609. The lowest BCUT2D eigenvalue weighted by Gasteiger charge is -2.37. The number of nitrogens with one attached hydrogen (secondary N) is 3. The molecule has 1 atom stereocenters. The molecule has 1 unspecified atom stereocenters. The summed E-state index contributed by atoms with van der Waals surface area (Å²) in [7, 11) is 2.18. The zero-order valence-corrected chi connectivity index (χ0v) is 17.3. The molecule has 3 aliphatic rings. The van der Waals surface area contributed by atoms with E-state index >= 15 is 0 Å². The molecule has 5 nitrogen and oxygen atoms in total. The first-order valence-corrected chi connectivity index (χ1v) is 10.9. The summed E-state index contributed by atoms with van der Waals surface area (Å²) >= 11 is 0. The van der Waals surface area contributed by atoms with E-state index in [2.05, 4.69) is 41.6 Å². The van der Waals surface area contributed by atoms with Gasteiger partial charge in [-0.05, 0) is 77.1 Å². The molecule has 1 aromatic rings. The fourth-order valence-corrected chi connectivity index (χ4v) is 4.38. The van der Waals surface area contributed by atoms with Crippen LogP contribution in [0.3, 0.4) is 0 Å². The van der Waals surface area contributed by atoms with Gasteiger partial charge in [0.15, 0.2) is 0 Å². The Hall–Kier alpha value is -2.01. The number of nitrogens with zero attached hydrogens (tertiary/aromatic N) is 1. The van der Waals surface area contributed by atoms with Crippen molar-refractivity contribution in [2.24, 2.45) is 0 Å². The van der Waals surface area contributed by atoms with Crippen molar-refractivity contribution in [2.45, 2.75) is 70.1 Å². The first kappa shape index (κ1) is 19.3. The van der Waals surface area contributed by atoms with Crippen molar-refractivity contribution in [1.29, 1.82) is 5.41 Å². The SMILES string of the molecule is CC1CCc2c(ccc(/C(C=N)=C/NC3CCNCC3)c2OC2CCC2)N1C. The summed E-state index contributed by atoms with van der Waals surface area (Å²) < 4.78 is 6.53. The van der Waals surface area contributed by atoms with Crippen molar-refractivity contribution in [3.63, 3.8) is 0 Å². The molecule has 5 heteroatoms. The molecule has 2 aliphatic heterocycles. The summed E-state index contributed by atoms with van der Waals surface area (Å²) in [6.07, 6.45) is 11.8. The third-order valence-corrected chi connectivity index (χ3v) is 6.71. The molecular formula is C23H34N4O. The summed E-state index contributed by atoms with van der Waals surface area (Å²) in [6.45, 7) is 4.41. The molecule has 2 heterocycles. The molecular weight excluding hydrogens is 348 g/mol. The topological polar surface area (TPSA) is 60.4 Å². The van der Waals surface area contributed by atoms with Crippen LogP contribution >= 0.6 is 0 Å². The third-order valence-electron chi connectivity index (χ3n) is 6.71. The van der Waals surface area contributed by atoms with Crippen LogP contribution in [-0.4, -0.2) is 44.5 Å². The van der Waals surface area contributed by atoms with E-state index in [1.54, 1.807) is 0 Å². The number of hydrogen-bond acceptors (Lipinski definition) is 5. The summed E-state index contributed by atoms with van der Waals surface area (Å²) in [5.41, 5.74) is 4.58. The number of allylic oxidation sites excluding steroid dienone is 1. The molecule has 0 aromatic heterocycles. The van der Waals surface area contributed by atoms with Gasteiger partial charge in [0.2, 0.25) is 0 Å². The van der Waals surface area contributed by atoms with Crippen LogP contribution in [0.5, 0.6) is 5.75 Å². The number of rotatable bonds is 6. The maximum Gasteiger partial charge on any atom is 0.132 e. The average molecular weight is 383 g/mol. The fourth-order valence-electron chi connectivity index (χ4n) is 4.38. The second-order valence-corrected chi connectivity index (χ2v) is 8.54. The highest BCUT2D eigenvalue weighted by molar-refractivity contribution is 6.09. The molecule has 152 valence electrons. The van der Waals surface area contributed by atoms with Gasteiger partial charge in [0.05, 0.1) is 6.10 Å². The number of anilines is 1. The van der Waals surface area contributed by atoms with Crippen LogP contribution in [0, 0.1) is 5.41 Å². The Labute approximate surface area is 169 Å². The smallest absolute Gasteiger partial charge is 0.132 e. The monoisotopic (exact) mass is 382 g/mol. The lowest BCUT2D eigenvalue weighted by molar-refractivity contribution is 0.118. The van der Waals surface area contributed by atoms with Crippen LogP contribution in [0.15, 0.2) is 18.3 Å². The largest absolute Gasteiger partial charge is 0.489 e. The highest BCUT2D eigenvalue weighted by Crippen LogP contribution is 2.42. The summed E-state index contributed by atoms with van der Waals surface area (Å²) in [6, 6.07) is 5.41. The Balaban J connectivity index is 1.66. The van der Waals surface area contributed by atoms with Crippen LogP contribution in [0.1, 0.15) is 56.6 Å². The third kappa shape index (κ3) is 3.90. The van der Waals surface area contributed by atoms with Gasteiger partial charge in [-0.2, -0.15) is 0 Å². The van der Waals surface area contributed by atoms with Crippen LogP contribution in [-0.2, 0) is 6.42 Å². The standard InChI is InChI=1S/C23H34N4O/c1-16-6-7-21-22(27(16)2)9-8-20(23(21)28-19-4-3-5-19)17(14-24)15-26-18-10-12-25-13-11-18/h8-9,14-16,18-19,24-26H,3-7,10-13H2,1-2H3/b17-15+,24-14?. The van der Waals surface area contributed by atoms with Crippen LogP contribution in [0.4, 0.5) is 5.69 Å². The number of fused-ring (bicyclic) bond motifs is 1. The normalized spacial score (nSPS) is 23.7. The molecule has 1 aromatic carbocycles. The van der Waals surface area contributed by atoms with Gasteiger partial charge < -0.3 is 25.7 Å². The van der Waals surface area contributed by atoms with E-state index in [9.17, 15) is 0 Å². The van der Waals surface area contributed by atoms with Gasteiger partial charge >= 0.3 is 0 Å². The lowest BCUT2D eigenvalue weighted by atomic mass is 9.91. The zero-order chi connectivity index (χ0) is 19.5. The first-order chi connectivity index (χ1) is 13.7. The van der Waals surface area contributed by atoms with Crippen molar-refractivity contribution in [3.05, 3.63) is 29.5 Å². The summed E-state index contributed by atoms with van der Waals surface area (Å²) in [5.74, 6) is 1.02. The highest BCUT2D eigenvalue weighted by Gasteiger charge is 2.28. The average Bonchev–Trinajstić information content (AvgIpc) is 2.69. The second-order valence-electron chi connectivity index (χ2n) is 8.54. The van der Waals surface area contributed by atoms with Crippen molar-refractivity contribution in [3.8, 4) is 5.75 Å². The van der Waals surface area contributed by atoms with Gasteiger partial charge in [-0.1, -0.05) is 0 Å². The Bertz CT molecular complexity index is 734. The lowest BCUT2D eigenvalue weighted by Crippen LogP contribution is -2.37. The Morgan fingerprint density at radius 1 is 1.21 bits per heavy atom. The molecule has 0 bridgehead atoms. The van der Waals surface area contributed by atoms with E-state index in [0.29, 0.717) is 18.2 Å². The maximum absolute atomic E-state index is 8.05. The van der Waals surface area contributed by atoms with E-state index < -0.39 is 0 Å². The zero-order valence-electron chi connectivity index (χ0n) is 17.3. The molecule has 0 amide bonds. The van der Waals surface area contributed by atoms with E-state index in [-0.39, 0.29) is 0 Å². The van der Waals surface area contributed by atoms with E-state index in [1.807, 2.05) is 6.20 Å². The van der Waals surface area contributed by atoms with Crippen molar-refractivity contribution < 1.29 is 4.74 Å². The molecule has 1 saturated heterocycles. The molecule has 1 aliphatic carbocycles. The molecule has 2 fully saturated rings. The van der Waals surface area contributed by atoms with Gasteiger partial charge in [-0.15, -0.1) is 0 Å². The Morgan fingerprint density at radius 2 is 2.00 bits per heavy atom. The number of ether oxygens (including phenoxy) is 1. The Morgan fingerprint density at radius 3 is 2.68 bits per heavy atom. The molecule has 4 rings (SSSR count). The molecule has 0 radical (unpaired) electrons. The van der Waals surface area contributed by atoms with E-state index in [1.165, 1.54) is 23.9 Å². The van der Waals surface area contributed by atoms with Crippen molar-refractivity contribution in [1.82, 2.24) is 10.6 Å². The predicted octanol–water partition coefficient (Wildman–Crippen LogP) is 3.72. The van der Waals surface area contributed by atoms with Crippen LogP contribution in [0.25, 0.3) is 5.57 Å². The number of benzene rings is 1. The molecule has 1 saturated carbocycles. The van der Waals surface area contributed by atoms with E-state index in [0.717, 1.165) is 68.5 Å². The van der Waals surface area contributed by atoms with Crippen molar-refractivity contribution >= 4 is 17.5 Å². The first-order valence-electron chi connectivity index (χ1n) is 10.9. The van der Waals surface area contributed by atoms with Gasteiger partial charge in [-0.3, -0.25) is 0 Å². The second kappa shape index (κ2) is 8.56. The number of piperidine rings is 1. The Kier molecular flexibility index (Phi) is 5.90. The van der Waals surface area contributed by atoms with Crippen LogP contribution in [0.2, 0.25) is 0 Å². The number of hydrogen-bond donors (Lipinski definition) is 3. The van der Waals surface area contributed by atoms with E-state index in [4.69, 9.17) is 10.1 Å². The van der Waals surface area contributed by atoms with Gasteiger partial charge in [0, 0.05) is 53.9 Å². The molecule has 3 N–H and O–H groups in total. The minimum Gasteiger partial charge on any atom is -0.489 e. The summed E-state index contributed by atoms with van der Waals surface area (Å²) in [5, 5.41) is 15.0. The highest BCUT2D eigenvalue weighted by atomic mass is 16.5. The molecule has 28 heavy (non-hydrogen) atoms. The van der Waals surface area contributed by atoms with Crippen LogP contribution < -0.4 is 20.3 Å². The minimum atomic E-state index is 0.333. The quantitative estimate of drug-likeness (QED) is 0.656. The molecule has 0 spiro atoms. The van der Waals surface area contributed by atoms with Crippen molar-refractivity contribution in [2.75, 3.05) is 25.0 Å². The van der Waals surface area contributed by atoms with Gasteiger partial charge in [0.1, 0.15) is 5.75 Å². The minimum absolute atomic E-state index is 0.333. The van der Waals surface area contributed by atoms with Gasteiger partial charge in [0.25, 0.3) is 0 Å².